The van der Waals surface area contributed by atoms with E-state index in [-0.39, 0.29) is 29.1 Å². The number of rotatable bonds is 8. The molecule has 1 aliphatic rings. The van der Waals surface area contributed by atoms with Gasteiger partial charge in [0.05, 0.1) is 36.8 Å². The molecule has 0 saturated heterocycles. The number of nitrogens with zero attached hydrogens (tertiary/aromatic N) is 1. The Bertz CT molecular complexity index is 1810. The maximum Gasteiger partial charge on any atom is 0.469 e. The molecule has 12 nitrogen and oxygen atoms in total. The van der Waals surface area contributed by atoms with Crippen molar-refractivity contribution in [3.63, 3.8) is 0 Å². The lowest BCUT2D eigenvalue weighted by Crippen LogP contribution is -2.38. The van der Waals surface area contributed by atoms with Crippen molar-refractivity contribution in [2.24, 2.45) is 0 Å². The number of ether oxygens (including phenoxy) is 2. The minimum absolute atomic E-state index is 0.247. The Morgan fingerprint density at radius 2 is 1.72 bits per heavy atom. The first-order valence-electron chi connectivity index (χ1n) is 13.2. The van der Waals surface area contributed by atoms with Crippen molar-refractivity contribution in [1.82, 2.24) is 5.32 Å². The van der Waals surface area contributed by atoms with Crippen molar-refractivity contribution in [2.45, 2.75) is 26.1 Å². The Morgan fingerprint density at radius 1 is 1.09 bits per heavy atom. The zero-order chi connectivity index (χ0) is 31.1. The number of hydrogen-bond acceptors (Lipinski definition) is 8. The van der Waals surface area contributed by atoms with Crippen LogP contribution in [0.1, 0.15) is 34.5 Å². The highest BCUT2D eigenvalue weighted by atomic mass is 32.2. The summed E-state index contributed by atoms with van der Waals surface area (Å²) in [5.74, 6) is 1.13. The predicted octanol–water partition coefficient (Wildman–Crippen LogP) is 4.90. The zero-order valence-corrected chi connectivity index (χ0v) is 25.5. The quantitative estimate of drug-likeness (QED) is 0.228. The highest BCUT2D eigenvalue weighted by Crippen LogP contribution is 2.43. The number of furan rings is 1. The van der Waals surface area contributed by atoms with E-state index < -0.39 is 42.6 Å². The Kier molecular flexibility index (Phi) is 8.41. The van der Waals surface area contributed by atoms with Crippen molar-refractivity contribution < 1.29 is 46.0 Å². The number of carbonyl (C=O) groups excluding carboxylic acids is 1. The van der Waals surface area contributed by atoms with E-state index in [0.29, 0.717) is 28.0 Å². The largest absolute Gasteiger partial charge is 0.469 e. The Balaban J connectivity index is 1.57. The van der Waals surface area contributed by atoms with Crippen molar-refractivity contribution in [1.29, 1.82) is 0 Å². The van der Waals surface area contributed by atoms with Crippen LogP contribution >= 0.6 is 7.82 Å². The van der Waals surface area contributed by atoms with Crippen LogP contribution in [0, 0.1) is 6.92 Å². The highest BCUT2D eigenvalue weighted by molar-refractivity contribution is 7.92. The molecule has 2 atom stereocenters. The summed E-state index contributed by atoms with van der Waals surface area (Å²) in [4.78, 5) is 31.5. The van der Waals surface area contributed by atoms with Crippen LogP contribution in [-0.4, -0.2) is 56.7 Å². The van der Waals surface area contributed by atoms with Gasteiger partial charge in [-0.05, 0) is 56.3 Å². The van der Waals surface area contributed by atoms with Crippen molar-refractivity contribution in [2.75, 3.05) is 30.8 Å². The highest BCUT2D eigenvalue weighted by Gasteiger charge is 2.35. The maximum atomic E-state index is 13.2. The van der Waals surface area contributed by atoms with Crippen molar-refractivity contribution in [3.8, 4) is 22.8 Å². The van der Waals surface area contributed by atoms with Crippen LogP contribution in [-0.2, 0) is 23.8 Å². The summed E-state index contributed by atoms with van der Waals surface area (Å²) in [6, 6.07) is 17.8. The van der Waals surface area contributed by atoms with Gasteiger partial charge in [0, 0.05) is 29.6 Å². The number of carbonyl (C=O) groups is 1. The average molecular weight is 631 g/mol. The number of anilines is 1. The fourth-order valence-electron chi connectivity index (χ4n) is 4.94. The third kappa shape index (κ3) is 6.77. The molecular formula is C29H31N2O10PS. The summed E-state index contributed by atoms with van der Waals surface area (Å²) in [5, 5.41) is 3.07. The molecule has 0 aliphatic carbocycles. The molecule has 3 N–H and O–H groups in total. The van der Waals surface area contributed by atoms with Crippen LogP contribution in [0.3, 0.4) is 0 Å². The predicted molar refractivity (Wildman–Crippen MR) is 160 cm³/mol. The van der Waals surface area contributed by atoms with Crippen LogP contribution in [0.25, 0.3) is 22.3 Å². The number of benzene rings is 3. The van der Waals surface area contributed by atoms with Crippen molar-refractivity contribution >= 4 is 40.4 Å². The Hall–Kier alpha value is -3.71. The zero-order valence-electron chi connectivity index (χ0n) is 23.8. The lowest BCUT2D eigenvalue weighted by atomic mass is 10.0. The van der Waals surface area contributed by atoms with Crippen LogP contribution in [0.4, 0.5) is 5.69 Å². The molecule has 3 aromatic carbocycles. The molecule has 2 heterocycles. The SMILES string of the molecule is CNC(=O)c1c(-c2ccc(Oc3ccc(C)cc3)cc2)oc2cc3c(cc12)[C@H](C)O[C@H](COP(=O)(O)O)CN3S(C)(=O)=O. The number of fused-ring (bicyclic) bond motifs is 2. The molecule has 0 radical (unpaired) electrons. The van der Waals surface area contributed by atoms with Gasteiger partial charge in [0.1, 0.15) is 28.9 Å². The Morgan fingerprint density at radius 3 is 2.30 bits per heavy atom. The summed E-state index contributed by atoms with van der Waals surface area (Å²) in [7, 11) is -7.21. The first-order valence-corrected chi connectivity index (χ1v) is 16.6. The van der Waals surface area contributed by atoms with Gasteiger partial charge >= 0.3 is 7.82 Å². The molecule has 0 unspecified atom stereocenters. The molecule has 1 aliphatic heterocycles. The summed E-state index contributed by atoms with van der Waals surface area (Å²) in [6.45, 7) is 2.86. The fraction of sp³-hybridized carbons (Fsp3) is 0.276. The summed E-state index contributed by atoms with van der Waals surface area (Å²) in [5.41, 5.74) is 2.92. The average Bonchev–Trinajstić information content (AvgIpc) is 3.25. The van der Waals surface area contributed by atoms with E-state index in [1.54, 1.807) is 37.3 Å². The molecule has 1 aromatic heterocycles. The topological polar surface area (TPSA) is 165 Å². The van der Waals surface area contributed by atoms with Gasteiger partial charge in [-0.15, -0.1) is 0 Å². The molecule has 0 spiro atoms. The normalized spacial score (nSPS) is 17.4. The minimum Gasteiger partial charge on any atom is -0.457 e. The fourth-order valence-corrected chi connectivity index (χ4v) is 6.25. The van der Waals surface area contributed by atoms with E-state index in [1.807, 2.05) is 31.2 Å². The first kappa shape index (κ1) is 30.7. The van der Waals surface area contributed by atoms with E-state index in [2.05, 4.69) is 9.84 Å². The standard InChI is InChI=1S/C29H31N2O10PS/c1-17-5-9-20(10-6-17)40-21-11-7-19(8-12-21)28-27(29(32)30-3)24-13-23-18(2)39-22(16-38-42(33,34)35)15-31(43(4,36)37)25(23)14-26(24)41-28/h5-14,18,22H,15-16H2,1-4H3,(H,30,32)(H2,33,34,35)/t18-,22-/m0/s1. The number of phosphoric acid groups is 1. The summed E-state index contributed by atoms with van der Waals surface area (Å²) < 4.78 is 60.9. The molecular weight excluding hydrogens is 599 g/mol. The molecule has 5 rings (SSSR count). The molecule has 1 amide bonds. The smallest absolute Gasteiger partial charge is 0.457 e. The molecule has 228 valence electrons. The lowest BCUT2D eigenvalue weighted by molar-refractivity contribution is -0.0224. The summed E-state index contributed by atoms with van der Waals surface area (Å²) in [6.07, 6.45) is -0.710. The van der Waals surface area contributed by atoms with Crippen LogP contribution in [0.5, 0.6) is 11.5 Å². The number of hydrogen-bond donors (Lipinski definition) is 3. The first-order chi connectivity index (χ1) is 20.2. The van der Waals surface area contributed by atoms with Crippen LogP contribution < -0.4 is 14.4 Å². The second kappa shape index (κ2) is 11.8. The maximum absolute atomic E-state index is 13.2. The minimum atomic E-state index is -4.82. The number of sulfonamides is 1. The van der Waals surface area contributed by atoms with Gasteiger partial charge in [-0.1, -0.05) is 17.7 Å². The van der Waals surface area contributed by atoms with E-state index in [4.69, 9.17) is 23.7 Å². The third-order valence-electron chi connectivity index (χ3n) is 6.97. The molecule has 43 heavy (non-hydrogen) atoms. The van der Waals surface area contributed by atoms with Gasteiger partial charge in [0.2, 0.25) is 10.0 Å². The van der Waals surface area contributed by atoms with E-state index in [9.17, 15) is 17.8 Å². The molecule has 0 saturated carbocycles. The van der Waals surface area contributed by atoms with Crippen LogP contribution in [0.2, 0.25) is 0 Å². The Labute approximate surface area is 248 Å². The van der Waals surface area contributed by atoms with Gasteiger partial charge in [-0.3, -0.25) is 13.6 Å². The number of amides is 1. The lowest BCUT2D eigenvalue weighted by Gasteiger charge is -2.24. The third-order valence-corrected chi connectivity index (χ3v) is 8.60. The van der Waals surface area contributed by atoms with Gasteiger partial charge in [0.25, 0.3) is 5.91 Å². The van der Waals surface area contributed by atoms with Gasteiger partial charge < -0.3 is 29.0 Å². The molecule has 0 bridgehead atoms. The van der Waals surface area contributed by atoms with Gasteiger partial charge in [-0.2, -0.15) is 0 Å². The van der Waals surface area contributed by atoms with Crippen molar-refractivity contribution in [3.05, 3.63) is 77.4 Å². The molecule has 4 aromatic rings. The van der Waals surface area contributed by atoms with Crippen LogP contribution in [0.15, 0.2) is 65.1 Å². The second-order valence-electron chi connectivity index (χ2n) is 10.2. The molecule has 0 fully saturated rings. The van der Waals surface area contributed by atoms with E-state index >= 15 is 0 Å². The van der Waals surface area contributed by atoms with Gasteiger partial charge in [0.15, 0.2) is 0 Å². The number of phosphoric ester groups is 1. The van der Waals surface area contributed by atoms with Gasteiger partial charge in [-0.25, -0.2) is 13.0 Å². The number of nitrogens with one attached hydrogen (secondary N) is 1. The second-order valence-corrected chi connectivity index (χ2v) is 13.4. The number of aryl methyl sites for hydroxylation is 1. The van der Waals surface area contributed by atoms with E-state index in [0.717, 1.165) is 16.1 Å². The monoisotopic (exact) mass is 630 g/mol. The summed E-state index contributed by atoms with van der Waals surface area (Å²) >= 11 is 0. The van der Waals surface area contributed by atoms with E-state index in [1.165, 1.54) is 13.1 Å². The molecule has 14 heteroatoms.